The predicted octanol–water partition coefficient (Wildman–Crippen LogP) is 3.35. The fraction of sp³-hybridized carbons (Fsp3) is 0.364. The van der Waals surface area contributed by atoms with Gasteiger partial charge in [-0.15, -0.1) is 0 Å². The van der Waals surface area contributed by atoms with E-state index in [2.05, 4.69) is 20.7 Å². The maximum atomic E-state index is 12.3. The van der Waals surface area contributed by atoms with Crippen LogP contribution in [0.3, 0.4) is 0 Å². The van der Waals surface area contributed by atoms with Crippen LogP contribution < -0.4 is 14.8 Å². The average Bonchev–Trinajstić information content (AvgIpc) is 2.33. The van der Waals surface area contributed by atoms with Crippen LogP contribution in [0.1, 0.15) is 10.4 Å². The summed E-state index contributed by atoms with van der Waals surface area (Å²) in [6.45, 7) is -4.86. The molecule has 118 valence electrons. The topological polar surface area (TPSA) is 47.6 Å². The van der Waals surface area contributed by atoms with E-state index in [9.17, 15) is 26.7 Å². The lowest BCUT2D eigenvalue weighted by atomic mass is 10.1. The van der Waals surface area contributed by atoms with Crippen LogP contribution in [-0.4, -0.2) is 32.3 Å². The Hall–Kier alpha value is -1.58. The third-order valence-corrected chi connectivity index (χ3v) is 2.60. The van der Waals surface area contributed by atoms with E-state index < -0.39 is 36.6 Å². The molecule has 0 unspecified atom stereocenters. The van der Waals surface area contributed by atoms with Crippen molar-refractivity contribution in [3.63, 3.8) is 0 Å². The zero-order chi connectivity index (χ0) is 16.2. The van der Waals surface area contributed by atoms with Crippen LogP contribution in [0.5, 0.6) is 11.5 Å². The smallest absolute Gasteiger partial charge is 0.405 e. The number of carbonyl (C=O) groups is 1. The van der Waals surface area contributed by atoms with Gasteiger partial charge in [-0.2, -0.15) is 22.0 Å². The number of rotatable bonds is 5. The zero-order valence-corrected chi connectivity index (χ0v) is 12.0. The van der Waals surface area contributed by atoms with Crippen molar-refractivity contribution in [3.8, 4) is 11.5 Å². The van der Waals surface area contributed by atoms with Crippen molar-refractivity contribution in [2.24, 2.45) is 0 Å². The third kappa shape index (κ3) is 5.37. The Morgan fingerprint density at radius 2 is 1.90 bits per heavy atom. The quantitative estimate of drug-likeness (QED) is 0.800. The van der Waals surface area contributed by atoms with Gasteiger partial charge in [-0.3, -0.25) is 4.79 Å². The Kier molecular flexibility index (Phi) is 5.76. The first-order chi connectivity index (χ1) is 9.64. The highest BCUT2D eigenvalue weighted by Gasteiger charge is 2.30. The normalized spacial score (nSPS) is 11.4. The minimum atomic E-state index is -4.64. The number of ether oxygens (including phenoxy) is 2. The summed E-state index contributed by atoms with van der Waals surface area (Å²) in [5.74, 6) is -2.05. The summed E-state index contributed by atoms with van der Waals surface area (Å²) >= 11 is 2.98. The number of hydrogen-bond acceptors (Lipinski definition) is 3. The third-order valence-electron chi connectivity index (χ3n) is 2.14. The molecule has 21 heavy (non-hydrogen) atoms. The van der Waals surface area contributed by atoms with Crippen molar-refractivity contribution in [2.75, 3.05) is 13.7 Å². The maximum Gasteiger partial charge on any atom is 0.405 e. The number of amides is 1. The monoisotopic (exact) mass is 377 g/mol. The molecular formula is C11H9BrF5NO3. The second-order valence-electron chi connectivity index (χ2n) is 3.66. The predicted molar refractivity (Wildman–Crippen MR) is 65.7 cm³/mol. The van der Waals surface area contributed by atoms with E-state index in [0.29, 0.717) is 0 Å². The molecule has 1 N–H and O–H groups in total. The van der Waals surface area contributed by atoms with Gasteiger partial charge in [0.15, 0.2) is 0 Å². The van der Waals surface area contributed by atoms with Crippen molar-refractivity contribution < 1.29 is 36.2 Å². The van der Waals surface area contributed by atoms with Crippen molar-refractivity contribution in [2.45, 2.75) is 12.8 Å². The van der Waals surface area contributed by atoms with E-state index in [1.54, 1.807) is 5.32 Å². The molecule has 0 aliphatic rings. The zero-order valence-electron chi connectivity index (χ0n) is 10.4. The van der Waals surface area contributed by atoms with E-state index in [0.717, 1.165) is 13.2 Å². The molecule has 0 saturated heterocycles. The molecule has 4 nitrogen and oxygen atoms in total. The Balaban J connectivity index is 3.15. The molecule has 0 bridgehead atoms. The number of alkyl halides is 5. The van der Waals surface area contributed by atoms with Crippen molar-refractivity contribution in [1.82, 2.24) is 5.32 Å². The molecule has 0 aromatic heterocycles. The van der Waals surface area contributed by atoms with Gasteiger partial charge in [0.1, 0.15) is 23.6 Å². The van der Waals surface area contributed by atoms with Gasteiger partial charge < -0.3 is 14.8 Å². The van der Waals surface area contributed by atoms with Crippen molar-refractivity contribution >= 4 is 21.8 Å². The number of hydrogen-bond donors (Lipinski definition) is 1. The van der Waals surface area contributed by atoms with Crippen LogP contribution in [0.25, 0.3) is 0 Å². The number of halogens is 6. The molecular weight excluding hydrogens is 369 g/mol. The maximum absolute atomic E-state index is 12.3. The molecule has 1 amide bonds. The number of carbonyl (C=O) groups excluding carboxylic acids is 1. The molecule has 0 heterocycles. The number of benzene rings is 1. The minimum absolute atomic E-state index is 0.209. The molecule has 0 saturated carbocycles. The number of methoxy groups -OCH3 is 1. The molecule has 1 rings (SSSR count). The summed E-state index contributed by atoms with van der Waals surface area (Å²) in [7, 11) is 1.13. The molecule has 1 aromatic rings. The summed E-state index contributed by atoms with van der Waals surface area (Å²) in [4.78, 5) is 11.8. The highest BCUT2D eigenvalue weighted by Crippen LogP contribution is 2.34. The lowest BCUT2D eigenvalue weighted by molar-refractivity contribution is -0.123. The Morgan fingerprint density at radius 3 is 2.38 bits per heavy atom. The second-order valence-corrected chi connectivity index (χ2v) is 4.57. The first kappa shape index (κ1) is 17.5. The van der Waals surface area contributed by atoms with E-state index in [1.165, 1.54) is 6.07 Å². The summed E-state index contributed by atoms with van der Waals surface area (Å²) in [6, 6.07) is 2.26. The molecule has 0 aliphatic heterocycles. The van der Waals surface area contributed by atoms with Crippen LogP contribution in [0, 0.1) is 0 Å². The lowest BCUT2D eigenvalue weighted by Crippen LogP contribution is -2.34. The highest BCUT2D eigenvalue weighted by molar-refractivity contribution is 9.10. The van der Waals surface area contributed by atoms with E-state index >= 15 is 0 Å². The van der Waals surface area contributed by atoms with Gasteiger partial charge in [-0.05, 0) is 12.1 Å². The molecule has 1 aromatic carbocycles. The summed E-state index contributed by atoms with van der Waals surface area (Å²) in [5, 5.41) is 1.56. The molecule has 0 fully saturated rings. The fourth-order valence-corrected chi connectivity index (χ4v) is 1.82. The van der Waals surface area contributed by atoms with Crippen molar-refractivity contribution in [3.05, 3.63) is 22.2 Å². The summed E-state index contributed by atoms with van der Waals surface area (Å²) in [6.07, 6.45) is -4.64. The van der Waals surface area contributed by atoms with Gasteiger partial charge in [0.2, 0.25) is 0 Å². The van der Waals surface area contributed by atoms with Gasteiger partial charge in [0, 0.05) is 4.47 Å². The van der Waals surface area contributed by atoms with Crippen LogP contribution in [0.15, 0.2) is 16.6 Å². The van der Waals surface area contributed by atoms with Crippen LogP contribution in [0.2, 0.25) is 0 Å². The molecule has 10 heteroatoms. The Morgan fingerprint density at radius 1 is 1.33 bits per heavy atom. The first-order valence-electron chi connectivity index (χ1n) is 5.31. The fourth-order valence-electron chi connectivity index (χ4n) is 1.40. The van der Waals surface area contributed by atoms with E-state index in [1.807, 2.05) is 0 Å². The second kappa shape index (κ2) is 6.92. The van der Waals surface area contributed by atoms with Crippen LogP contribution in [-0.2, 0) is 0 Å². The minimum Gasteiger partial charge on any atom is -0.496 e. The molecule has 0 aliphatic carbocycles. The average molecular weight is 378 g/mol. The van der Waals surface area contributed by atoms with Gasteiger partial charge in [-0.25, -0.2) is 0 Å². The van der Waals surface area contributed by atoms with E-state index in [4.69, 9.17) is 4.74 Å². The number of nitrogens with one attached hydrogen (secondary N) is 1. The lowest BCUT2D eigenvalue weighted by Gasteiger charge is -2.15. The van der Waals surface area contributed by atoms with Gasteiger partial charge in [0.25, 0.3) is 5.91 Å². The van der Waals surface area contributed by atoms with Crippen LogP contribution >= 0.6 is 15.9 Å². The van der Waals surface area contributed by atoms with Gasteiger partial charge in [0.05, 0.1) is 7.11 Å². The van der Waals surface area contributed by atoms with Gasteiger partial charge >= 0.3 is 12.8 Å². The molecule has 0 spiro atoms. The SMILES string of the molecule is COc1cc(Br)cc(OC(F)F)c1C(=O)NCC(F)(F)F. The van der Waals surface area contributed by atoms with Crippen molar-refractivity contribution in [1.29, 1.82) is 0 Å². The first-order valence-corrected chi connectivity index (χ1v) is 6.10. The summed E-state index contributed by atoms with van der Waals surface area (Å²) in [5.41, 5.74) is -0.551. The summed E-state index contributed by atoms with van der Waals surface area (Å²) < 4.78 is 70.1. The largest absolute Gasteiger partial charge is 0.496 e. The van der Waals surface area contributed by atoms with Gasteiger partial charge in [-0.1, -0.05) is 15.9 Å². The van der Waals surface area contributed by atoms with E-state index in [-0.39, 0.29) is 10.2 Å². The standard InChI is InChI=1S/C11H9BrF5NO3/c1-20-6-2-5(12)3-7(21-10(13)14)8(6)9(19)18-4-11(15,16)17/h2-3,10H,4H2,1H3,(H,18,19). The Labute approximate surface area is 124 Å². The van der Waals surface area contributed by atoms with Crippen LogP contribution in [0.4, 0.5) is 22.0 Å². The highest BCUT2D eigenvalue weighted by atomic mass is 79.9. The molecule has 0 atom stereocenters. The Bertz CT molecular complexity index is 521. The molecule has 0 radical (unpaired) electrons.